The number of hydrazone groups is 1. The Kier molecular flexibility index (Phi) is 3.09. The van der Waals surface area contributed by atoms with Crippen molar-refractivity contribution in [3.8, 4) is 0 Å². The number of ketones is 1. The molecule has 0 saturated carbocycles. The summed E-state index contributed by atoms with van der Waals surface area (Å²) in [7, 11) is 0. The summed E-state index contributed by atoms with van der Waals surface area (Å²) in [6, 6.07) is 10.5. The van der Waals surface area contributed by atoms with Gasteiger partial charge in [-0.1, -0.05) is 24.3 Å². The van der Waals surface area contributed by atoms with Crippen molar-refractivity contribution in [2.24, 2.45) is 5.10 Å². The van der Waals surface area contributed by atoms with Crippen LogP contribution in [0.25, 0.3) is 0 Å². The summed E-state index contributed by atoms with van der Waals surface area (Å²) in [5.41, 5.74) is 4.98. The van der Waals surface area contributed by atoms with E-state index in [-0.39, 0.29) is 18.1 Å². The molecule has 1 amide bonds. The fourth-order valence-corrected chi connectivity index (χ4v) is 2.11. The third-order valence-corrected chi connectivity index (χ3v) is 3.10. The van der Waals surface area contributed by atoms with E-state index in [9.17, 15) is 9.59 Å². The number of benzene rings is 1. The van der Waals surface area contributed by atoms with E-state index in [2.05, 4.69) is 15.5 Å². The first-order chi connectivity index (χ1) is 9.75. The zero-order valence-corrected chi connectivity index (χ0v) is 10.5. The predicted octanol–water partition coefficient (Wildman–Crippen LogP) is 1.80. The highest BCUT2D eigenvalue weighted by molar-refractivity contribution is 6.26. The van der Waals surface area contributed by atoms with Gasteiger partial charge in [-0.3, -0.25) is 14.6 Å². The lowest BCUT2D eigenvalue weighted by Gasteiger charge is -2.01. The lowest BCUT2D eigenvalue weighted by molar-refractivity contribution is 0.0951. The van der Waals surface area contributed by atoms with Crippen LogP contribution < -0.4 is 5.43 Å². The van der Waals surface area contributed by atoms with Crippen LogP contribution in [0.2, 0.25) is 0 Å². The third-order valence-electron chi connectivity index (χ3n) is 3.10. The van der Waals surface area contributed by atoms with Gasteiger partial charge in [0, 0.05) is 29.1 Å². The number of hydrogen-bond donors (Lipinski definition) is 1. The molecule has 1 heterocycles. The largest absolute Gasteiger partial charge is 0.294 e. The number of hydrogen-bond acceptors (Lipinski definition) is 4. The highest BCUT2D eigenvalue weighted by Gasteiger charge is 2.25. The van der Waals surface area contributed by atoms with Gasteiger partial charge in [-0.15, -0.1) is 0 Å². The minimum Gasteiger partial charge on any atom is -0.294 e. The van der Waals surface area contributed by atoms with Crippen LogP contribution in [0.1, 0.15) is 32.7 Å². The lowest BCUT2D eigenvalue weighted by Crippen LogP contribution is -2.19. The van der Waals surface area contributed by atoms with Crippen LogP contribution in [-0.4, -0.2) is 22.4 Å². The summed E-state index contributed by atoms with van der Waals surface area (Å²) in [4.78, 5) is 27.5. The lowest BCUT2D eigenvalue weighted by atomic mass is 10.1. The maximum absolute atomic E-state index is 11.9. The van der Waals surface area contributed by atoms with Crippen molar-refractivity contribution in [2.45, 2.75) is 6.42 Å². The van der Waals surface area contributed by atoms with Gasteiger partial charge in [0.15, 0.2) is 5.78 Å². The van der Waals surface area contributed by atoms with Gasteiger partial charge in [0.1, 0.15) is 0 Å². The Labute approximate surface area is 115 Å². The highest BCUT2D eigenvalue weighted by Crippen LogP contribution is 2.21. The number of nitrogens with one attached hydrogen (secondary N) is 1. The SMILES string of the molecule is O=C(N/N=C1\CC(=O)c2ccccc21)c1ccncc1. The molecule has 5 heteroatoms. The van der Waals surface area contributed by atoms with Gasteiger partial charge in [-0.2, -0.15) is 5.10 Å². The topological polar surface area (TPSA) is 71.4 Å². The number of fused-ring (bicyclic) bond motifs is 1. The minimum absolute atomic E-state index is 0.0255. The second kappa shape index (κ2) is 5.05. The van der Waals surface area contributed by atoms with E-state index in [1.165, 1.54) is 12.4 Å². The van der Waals surface area contributed by atoms with Crippen molar-refractivity contribution in [1.82, 2.24) is 10.4 Å². The van der Waals surface area contributed by atoms with E-state index in [0.717, 1.165) is 5.56 Å². The Morgan fingerprint density at radius 1 is 1.10 bits per heavy atom. The molecule has 98 valence electrons. The maximum Gasteiger partial charge on any atom is 0.271 e. The van der Waals surface area contributed by atoms with Gasteiger partial charge in [0.25, 0.3) is 5.91 Å². The summed E-state index contributed by atoms with van der Waals surface area (Å²) < 4.78 is 0. The fourth-order valence-electron chi connectivity index (χ4n) is 2.11. The Morgan fingerprint density at radius 2 is 1.80 bits per heavy atom. The van der Waals surface area contributed by atoms with E-state index < -0.39 is 0 Å². The molecule has 1 aromatic heterocycles. The van der Waals surface area contributed by atoms with Gasteiger partial charge in [0.2, 0.25) is 0 Å². The second-order valence-electron chi connectivity index (χ2n) is 4.38. The van der Waals surface area contributed by atoms with Crippen LogP contribution in [0.4, 0.5) is 0 Å². The molecule has 0 atom stereocenters. The molecule has 0 radical (unpaired) electrons. The number of pyridine rings is 1. The molecular weight excluding hydrogens is 254 g/mol. The first-order valence-electron chi connectivity index (χ1n) is 6.15. The molecule has 0 bridgehead atoms. The molecule has 0 spiro atoms. The molecule has 2 aromatic rings. The molecule has 1 N–H and O–H groups in total. The second-order valence-corrected chi connectivity index (χ2v) is 4.38. The average Bonchev–Trinajstić information content (AvgIpc) is 2.83. The normalized spacial score (nSPS) is 15.2. The van der Waals surface area contributed by atoms with Gasteiger partial charge in [0.05, 0.1) is 12.1 Å². The molecular formula is C15H11N3O2. The van der Waals surface area contributed by atoms with Gasteiger partial charge in [-0.25, -0.2) is 5.43 Å². The molecule has 20 heavy (non-hydrogen) atoms. The molecule has 5 nitrogen and oxygen atoms in total. The Hall–Kier alpha value is -2.82. The molecule has 0 unspecified atom stereocenters. The number of carbonyl (C=O) groups excluding carboxylic acids is 2. The molecule has 1 aliphatic carbocycles. The van der Waals surface area contributed by atoms with Crippen LogP contribution in [0, 0.1) is 0 Å². The van der Waals surface area contributed by atoms with Gasteiger partial charge >= 0.3 is 0 Å². The van der Waals surface area contributed by atoms with Crippen molar-refractivity contribution in [3.05, 3.63) is 65.5 Å². The fraction of sp³-hybridized carbons (Fsp3) is 0.0667. The van der Waals surface area contributed by atoms with Crippen molar-refractivity contribution in [2.75, 3.05) is 0 Å². The predicted molar refractivity (Wildman–Crippen MR) is 73.6 cm³/mol. The standard InChI is InChI=1S/C15H11N3O2/c19-14-9-13(11-3-1-2-4-12(11)14)17-18-15(20)10-5-7-16-8-6-10/h1-8H,9H2,(H,18,20)/b17-13+. The molecule has 1 aromatic carbocycles. The molecule has 1 aliphatic rings. The first kappa shape index (κ1) is 12.2. The Bertz CT molecular complexity index is 708. The number of nitrogens with zero attached hydrogens (tertiary/aromatic N) is 2. The third kappa shape index (κ3) is 2.21. The minimum atomic E-state index is -0.322. The number of aromatic nitrogens is 1. The molecule has 0 aliphatic heterocycles. The summed E-state index contributed by atoms with van der Waals surface area (Å²) >= 11 is 0. The van der Waals surface area contributed by atoms with E-state index in [4.69, 9.17) is 0 Å². The zero-order chi connectivity index (χ0) is 13.9. The molecule has 0 fully saturated rings. The van der Waals surface area contributed by atoms with Crippen LogP contribution in [0.3, 0.4) is 0 Å². The first-order valence-corrected chi connectivity index (χ1v) is 6.15. The highest BCUT2D eigenvalue weighted by atomic mass is 16.2. The van der Waals surface area contributed by atoms with Crippen LogP contribution >= 0.6 is 0 Å². The summed E-state index contributed by atoms with van der Waals surface area (Å²) in [5.74, 6) is -0.297. The van der Waals surface area contributed by atoms with Crippen LogP contribution in [0.5, 0.6) is 0 Å². The van der Waals surface area contributed by atoms with Crippen LogP contribution in [-0.2, 0) is 0 Å². The smallest absolute Gasteiger partial charge is 0.271 e. The summed E-state index contributed by atoms with van der Waals surface area (Å²) in [6.45, 7) is 0. The van der Waals surface area contributed by atoms with Gasteiger partial charge < -0.3 is 0 Å². The Balaban J connectivity index is 1.82. The van der Waals surface area contributed by atoms with E-state index in [0.29, 0.717) is 16.8 Å². The van der Waals surface area contributed by atoms with Crippen molar-refractivity contribution in [1.29, 1.82) is 0 Å². The van der Waals surface area contributed by atoms with Gasteiger partial charge in [-0.05, 0) is 12.1 Å². The quantitative estimate of drug-likeness (QED) is 0.842. The van der Waals surface area contributed by atoms with E-state index >= 15 is 0 Å². The van der Waals surface area contributed by atoms with Crippen molar-refractivity contribution in [3.63, 3.8) is 0 Å². The van der Waals surface area contributed by atoms with E-state index in [1.54, 1.807) is 18.2 Å². The zero-order valence-electron chi connectivity index (χ0n) is 10.5. The summed E-state index contributed by atoms with van der Waals surface area (Å²) in [5, 5.41) is 4.07. The maximum atomic E-state index is 11.9. The van der Waals surface area contributed by atoms with E-state index in [1.807, 2.05) is 18.2 Å². The summed E-state index contributed by atoms with van der Waals surface area (Å²) in [6.07, 6.45) is 3.29. The van der Waals surface area contributed by atoms with Crippen LogP contribution in [0.15, 0.2) is 53.9 Å². The monoisotopic (exact) mass is 265 g/mol. The number of Topliss-reactive ketones (excluding diaryl/α,β-unsaturated/α-hetero) is 1. The Morgan fingerprint density at radius 3 is 2.55 bits per heavy atom. The number of carbonyl (C=O) groups is 2. The van der Waals surface area contributed by atoms with Crippen molar-refractivity contribution < 1.29 is 9.59 Å². The number of amides is 1. The van der Waals surface area contributed by atoms with Crippen molar-refractivity contribution >= 4 is 17.4 Å². The molecule has 0 saturated heterocycles. The number of rotatable bonds is 2. The average molecular weight is 265 g/mol. The molecule has 3 rings (SSSR count).